The van der Waals surface area contributed by atoms with Crippen LogP contribution in [-0.2, 0) is 6.54 Å². The van der Waals surface area contributed by atoms with Crippen molar-refractivity contribution >= 4 is 0 Å². The van der Waals surface area contributed by atoms with Crippen molar-refractivity contribution in [2.45, 2.75) is 63.7 Å². The van der Waals surface area contributed by atoms with E-state index >= 15 is 0 Å². The van der Waals surface area contributed by atoms with Crippen molar-refractivity contribution in [2.75, 3.05) is 0 Å². The Hall–Kier alpha value is -0.940. The van der Waals surface area contributed by atoms with E-state index in [9.17, 15) is 0 Å². The highest BCUT2D eigenvalue weighted by molar-refractivity contribution is 4.96. The van der Waals surface area contributed by atoms with Crippen molar-refractivity contribution in [3.05, 3.63) is 11.7 Å². The predicted octanol–water partition coefficient (Wildman–Crippen LogP) is 1.22. The number of hydrogen-bond acceptors (Lipinski definition) is 5. The molecule has 0 amide bonds. The summed E-state index contributed by atoms with van der Waals surface area (Å²) < 4.78 is 5.04. The molecule has 2 N–H and O–H groups in total. The van der Waals surface area contributed by atoms with Gasteiger partial charge in [0, 0.05) is 25.0 Å². The smallest absolute Gasteiger partial charge is 0.223 e. The minimum Gasteiger partial charge on any atom is -0.340 e. The zero-order valence-electron chi connectivity index (χ0n) is 10.3. The van der Waals surface area contributed by atoms with E-state index in [1.54, 1.807) is 0 Å². The number of rotatable bonds is 2. The summed E-state index contributed by atoms with van der Waals surface area (Å²) in [7, 11) is 0. The fourth-order valence-electron chi connectivity index (χ4n) is 3.35. The molecule has 2 aliphatic heterocycles. The van der Waals surface area contributed by atoms with Gasteiger partial charge in [0.15, 0.2) is 5.82 Å². The average molecular weight is 236 g/mol. The maximum atomic E-state index is 6.11. The normalized spacial score (nSPS) is 33.9. The minimum absolute atomic E-state index is 0.383. The van der Waals surface area contributed by atoms with Gasteiger partial charge in [0.1, 0.15) is 0 Å². The molecule has 5 heteroatoms. The Morgan fingerprint density at radius 1 is 1.35 bits per heavy atom. The molecule has 1 aromatic rings. The van der Waals surface area contributed by atoms with Crippen molar-refractivity contribution < 1.29 is 4.52 Å². The van der Waals surface area contributed by atoms with Crippen LogP contribution in [-0.4, -0.2) is 33.2 Å². The Kier molecular flexibility index (Phi) is 2.88. The highest BCUT2D eigenvalue weighted by Crippen LogP contribution is 2.34. The minimum atomic E-state index is 0.383. The zero-order valence-corrected chi connectivity index (χ0v) is 10.3. The molecule has 5 nitrogen and oxygen atoms in total. The lowest BCUT2D eigenvalue weighted by molar-refractivity contribution is 0.0219. The van der Waals surface area contributed by atoms with Crippen LogP contribution in [0.2, 0.25) is 0 Å². The predicted molar refractivity (Wildman–Crippen MR) is 63.2 cm³/mol. The van der Waals surface area contributed by atoms with Crippen LogP contribution in [0.1, 0.15) is 43.8 Å². The third-order valence-electron chi connectivity index (χ3n) is 4.06. The molecule has 2 bridgehead atoms. The van der Waals surface area contributed by atoms with Crippen molar-refractivity contribution in [2.24, 2.45) is 5.73 Å². The summed E-state index contributed by atoms with van der Waals surface area (Å²) in [5.74, 6) is 1.47. The van der Waals surface area contributed by atoms with Crippen LogP contribution in [0.15, 0.2) is 4.52 Å². The van der Waals surface area contributed by atoms with Gasteiger partial charge in [-0.2, -0.15) is 4.98 Å². The van der Waals surface area contributed by atoms with E-state index in [1.807, 2.05) is 6.92 Å². The summed E-state index contributed by atoms with van der Waals surface area (Å²) in [6, 6.07) is 1.63. The van der Waals surface area contributed by atoms with Gasteiger partial charge in [-0.3, -0.25) is 4.90 Å². The first kappa shape index (κ1) is 11.2. The van der Waals surface area contributed by atoms with E-state index in [-0.39, 0.29) is 0 Å². The second kappa shape index (κ2) is 4.38. The number of nitrogens with two attached hydrogens (primary N) is 1. The molecular weight excluding hydrogens is 216 g/mol. The zero-order chi connectivity index (χ0) is 11.8. The molecule has 2 aliphatic rings. The number of fused-ring (bicyclic) bond motifs is 2. The molecule has 2 unspecified atom stereocenters. The Morgan fingerprint density at radius 3 is 2.65 bits per heavy atom. The van der Waals surface area contributed by atoms with Crippen molar-refractivity contribution in [3.63, 3.8) is 0 Å². The van der Waals surface area contributed by atoms with Crippen molar-refractivity contribution in [3.8, 4) is 0 Å². The maximum Gasteiger partial charge on any atom is 0.223 e. The van der Waals surface area contributed by atoms with Gasteiger partial charge in [-0.25, -0.2) is 0 Å². The molecule has 3 rings (SSSR count). The topological polar surface area (TPSA) is 68.2 Å². The monoisotopic (exact) mass is 236 g/mol. The molecule has 0 aromatic carbocycles. The van der Waals surface area contributed by atoms with Crippen molar-refractivity contribution in [1.82, 2.24) is 15.0 Å². The number of aromatic nitrogens is 2. The first-order valence-corrected chi connectivity index (χ1v) is 6.53. The van der Waals surface area contributed by atoms with Crippen LogP contribution in [0.4, 0.5) is 0 Å². The van der Waals surface area contributed by atoms with Crippen LogP contribution < -0.4 is 5.73 Å². The summed E-state index contributed by atoms with van der Waals surface area (Å²) in [4.78, 5) is 6.84. The fourth-order valence-corrected chi connectivity index (χ4v) is 3.35. The SMILES string of the molecule is Cc1nc(CN2C3CCCC2CC(N)C3)no1. The summed E-state index contributed by atoms with van der Waals surface area (Å²) in [5, 5.41) is 4.00. The first-order valence-electron chi connectivity index (χ1n) is 6.53. The fraction of sp³-hybridized carbons (Fsp3) is 0.833. The lowest BCUT2D eigenvalue weighted by atomic mass is 9.82. The van der Waals surface area contributed by atoms with Gasteiger partial charge in [0.05, 0.1) is 6.54 Å². The molecule has 2 atom stereocenters. The molecule has 2 saturated heterocycles. The van der Waals surface area contributed by atoms with E-state index in [2.05, 4.69) is 15.0 Å². The third kappa shape index (κ3) is 2.21. The molecule has 0 spiro atoms. The molecule has 3 heterocycles. The summed E-state index contributed by atoms with van der Waals surface area (Å²) in [6.45, 7) is 2.66. The Balaban J connectivity index is 1.73. The number of aryl methyl sites for hydroxylation is 1. The van der Waals surface area contributed by atoms with Gasteiger partial charge < -0.3 is 10.3 Å². The first-order chi connectivity index (χ1) is 8.22. The molecular formula is C12H20N4O. The molecule has 2 fully saturated rings. The Morgan fingerprint density at radius 2 is 2.06 bits per heavy atom. The molecule has 1 aromatic heterocycles. The number of nitrogens with zero attached hydrogens (tertiary/aromatic N) is 3. The molecule has 94 valence electrons. The third-order valence-corrected chi connectivity index (χ3v) is 4.06. The maximum absolute atomic E-state index is 6.11. The second-order valence-electron chi connectivity index (χ2n) is 5.37. The van der Waals surface area contributed by atoms with Gasteiger partial charge in [-0.1, -0.05) is 11.6 Å². The van der Waals surface area contributed by atoms with Gasteiger partial charge in [-0.15, -0.1) is 0 Å². The molecule has 0 aliphatic carbocycles. The van der Waals surface area contributed by atoms with Crippen LogP contribution in [0.5, 0.6) is 0 Å². The highest BCUT2D eigenvalue weighted by Gasteiger charge is 2.37. The van der Waals surface area contributed by atoms with Crippen LogP contribution in [0.3, 0.4) is 0 Å². The van der Waals surface area contributed by atoms with Crippen molar-refractivity contribution in [1.29, 1.82) is 0 Å². The van der Waals surface area contributed by atoms with E-state index in [0.717, 1.165) is 25.2 Å². The van der Waals surface area contributed by atoms with Gasteiger partial charge in [0.2, 0.25) is 5.89 Å². The second-order valence-corrected chi connectivity index (χ2v) is 5.37. The molecule has 17 heavy (non-hydrogen) atoms. The van der Waals surface area contributed by atoms with Gasteiger partial charge in [-0.05, 0) is 25.7 Å². The summed E-state index contributed by atoms with van der Waals surface area (Å²) in [6.07, 6.45) is 6.10. The average Bonchev–Trinajstić information content (AvgIpc) is 2.65. The lowest BCUT2D eigenvalue weighted by Gasteiger charge is -2.47. The van der Waals surface area contributed by atoms with E-state index in [1.165, 1.54) is 19.3 Å². The van der Waals surface area contributed by atoms with Crippen LogP contribution in [0.25, 0.3) is 0 Å². The Labute approximate surface area is 101 Å². The number of hydrogen-bond donors (Lipinski definition) is 1. The van der Waals surface area contributed by atoms with Crippen LogP contribution >= 0.6 is 0 Å². The highest BCUT2D eigenvalue weighted by atomic mass is 16.5. The van der Waals surface area contributed by atoms with E-state index in [0.29, 0.717) is 24.0 Å². The Bertz CT molecular complexity index is 378. The quantitative estimate of drug-likeness (QED) is 0.836. The number of piperidine rings is 2. The standard InChI is InChI=1S/C12H20N4O/c1-8-14-12(15-17-8)7-16-10-3-2-4-11(16)6-9(13)5-10/h9-11H,2-7,13H2,1H3. The summed E-state index contributed by atoms with van der Waals surface area (Å²) in [5.41, 5.74) is 6.11. The van der Waals surface area contributed by atoms with E-state index in [4.69, 9.17) is 10.3 Å². The molecule has 0 radical (unpaired) electrons. The molecule has 0 saturated carbocycles. The van der Waals surface area contributed by atoms with E-state index < -0.39 is 0 Å². The summed E-state index contributed by atoms with van der Waals surface area (Å²) >= 11 is 0. The van der Waals surface area contributed by atoms with Gasteiger partial charge in [0.25, 0.3) is 0 Å². The van der Waals surface area contributed by atoms with Crippen LogP contribution in [0, 0.1) is 6.92 Å². The lowest BCUT2D eigenvalue weighted by Crippen LogP contribution is -2.54. The largest absolute Gasteiger partial charge is 0.340 e. The van der Waals surface area contributed by atoms with Gasteiger partial charge >= 0.3 is 0 Å².